The zero-order valence-corrected chi connectivity index (χ0v) is 23.5. The molecular weight excluding hydrogens is 520 g/mol. The van der Waals surface area contributed by atoms with Gasteiger partial charge in [0, 0.05) is 25.3 Å². The van der Waals surface area contributed by atoms with Gasteiger partial charge >= 0.3 is 5.97 Å². The van der Waals surface area contributed by atoms with Crippen molar-refractivity contribution in [1.82, 2.24) is 19.9 Å². The van der Waals surface area contributed by atoms with Crippen molar-refractivity contribution < 1.29 is 14.3 Å². The molecule has 1 unspecified atom stereocenters. The Hall–Kier alpha value is -4.01. The standard InChI is InChI=1S/C32H32N4O3S/c1-24(37)40-30-18-19-35(22-25(30)20-29-21-33-34-36(29)23-31(38)39-2)32(26-12-6-3-7-13-26,27-14-8-4-9-15-27)28-16-10-5-11-17-28/h3-17,20-21,30H,18-19,22-23H2,1-2H3/b25-20+. The molecule has 8 heteroatoms. The molecule has 2 heterocycles. The number of carbonyl (C=O) groups is 2. The summed E-state index contributed by atoms with van der Waals surface area (Å²) >= 11 is 1.35. The van der Waals surface area contributed by atoms with Crippen molar-refractivity contribution in [1.29, 1.82) is 0 Å². The van der Waals surface area contributed by atoms with Crippen LogP contribution in [0.4, 0.5) is 0 Å². The van der Waals surface area contributed by atoms with Gasteiger partial charge in [0.1, 0.15) is 6.54 Å². The highest BCUT2D eigenvalue weighted by Gasteiger charge is 2.44. The minimum Gasteiger partial charge on any atom is -0.468 e. The molecule has 0 amide bonds. The Balaban J connectivity index is 1.66. The first-order chi connectivity index (χ1) is 19.5. The summed E-state index contributed by atoms with van der Waals surface area (Å²) in [4.78, 5) is 26.8. The van der Waals surface area contributed by atoms with Crippen molar-refractivity contribution in [2.45, 2.75) is 30.7 Å². The van der Waals surface area contributed by atoms with Gasteiger partial charge < -0.3 is 4.74 Å². The van der Waals surface area contributed by atoms with Crippen molar-refractivity contribution in [2.75, 3.05) is 20.2 Å². The number of likely N-dealkylation sites (tertiary alicyclic amines) is 1. The van der Waals surface area contributed by atoms with E-state index < -0.39 is 11.5 Å². The Kier molecular flexibility index (Phi) is 8.57. The molecule has 0 N–H and O–H groups in total. The van der Waals surface area contributed by atoms with Crippen LogP contribution < -0.4 is 0 Å². The molecular formula is C32H32N4O3S. The fraction of sp³-hybridized carbons (Fsp3) is 0.250. The average Bonchev–Trinajstić information content (AvgIpc) is 3.42. The molecule has 1 aliphatic heterocycles. The van der Waals surface area contributed by atoms with E-state index in [-0.39, 0.29) is 16.9 Å². The van der Waals surface area contributed by atoms with Gasteiger partial charge in [-0.3, -0.25) is 14.5 Å². The number of carbonyl (C=O) groups excluding carboxylic acids is 2. The first-order valence-electron chi connectivity index (χ1n) is 13.3. The summed E-state index contributed by atoms with van der Waals surface area (Å²) in [6, 6.07) is 31.8. The fourth-order valence-electron chi connectivity index (χ4n) is 5.58. The van der Waals surface area contributed by atoms with Crippen LogP contribution in [-0.2, 0) is 26.4 Å². The van der Waals surface area contributed by atoms with Gasteiger partial charge in [-0.05, 0) is 34.8 Å². The van der Waals surface area contributed by atoms with Crippen LogP contribution in [0.5, 0.6) is 0 Å². The number of piperidine rings is 1. The summed E-state index contributed by atoms with van der Waals surface area (Å²) < 4.78 is 6.38. The lowest BCUT2D eigenvalue weighted by atomic mass is 9.74. The van der Waals surface area contributed by atoms with Gasteiger partial charge in [0.05, 0.1) is 24.5 Å². The Labute approximate surface area is 238 Å². The maximum Gasteiger partial charge on any atom is 0.327 e. The Morgan fingerprint density at radius 3 is 2.00 bits per heavy atom. The number of nitrogens with zero attached hydrogens (tertiary/aromatic N) is 4. The van der Waals surface area contributed by atoms with Gasteiger partial charge in [0.2, 0.25) is 0 Å². The third-order valence-electron chi connectivity index (χ3n) is 7.29. The normalized spacial score (nSPS) is 17.1. The summed E-state index contributed by atoms with van der Waals surface area (Å²) in [6.45, 7) is 2.96. The molecule has 4 aromatic rings. The van der Waals surface area contributed by atoms with Crippen LogP contribution in [0.25, 0.3) is 6.08 Å². The molecule has 40 heavy (non-hydrogen) atoms. The molecule has 1 saturated heterocycles. The number of methoxy groups -OCH3 is 1. The highest BCUT2D eigenvalue weighted by molar-refractivity contribution is 8.14. The van der Waals surface area contributed by atoms with E-state index in [4.69, 9.17) is 4.74 Å². The maximum absolute atomic E-state index is 12.3. The van der Waals surface area contributed by atoms with Crippen LogP contribution in [0.3, 0.4) is 0 Å². The van der Waals surface area contributed by atoms with Crippen molar-refractivity contribution in [3.8, 4) is 0 Å². The molecule has 0 spiro atoms. The van der Waals surface area contributed by atoms with Gasteiger partial charge in [0.15, 0.2) is 5.12 Å². The molecule has 1 fully saturated rings. The van der Waals surface area contributed by atoms with Crippen LogP contribution >= 0.6 is 11.8 Å². The van der Waals surface area contributed by atoms with E-state index in [9.17, 15) is 9.59 Å². The number of aromatic nitrogens is 3. The van der Waals surface area contributed by atoms with Crippen molar-refractivity contribution in [3.05, 3.63) is 125 Å². The summed E-state index contributed by atoms with van der Waals surface area (Å²) in [6.07, 6.45) is 4.45. The summed E-state index contributed by atoms with van der Waals surface area (Å²) in [7, 11) is 1.35. The zero-order valence-electron chi connectivity index (χ0n) is 22.6. The predicted octanol–water partition coefficient (Wildman–Crippen LogP) is 5.18. The molecule has 1 aromatic heterocycles. The lowest BCUT2D eigenvalue weighted by Gasteiger charge is -2.49. The predicted molar refractivity (Wildman–Crippen MR) is 157 cm³/mol. The molecule has 0 bridgehead atoms. The van der Waals surface area contributed by atoms with Crippen LogP contribution in [0.2, 0.25) is 0 Å². The lowest BCUT2D eigenvalue weighted by molar-refractivity contribution is -0.141. The molecule has 0 radical (unpaired) electrons. The lowest BCUT2D eigenvalue weighted by Crippen LogP contribution is -2.52. The number of rotatable bonds is 8. The zero-order chi connectivity index (χ0) is 28.0. The Morgan fingerprint density at radius 1 is 0.950 bits per heavy atom. The SMILES string of the molecule is COC(=O)Cn1nncc1/C=C1\CN(C(c2ccccc2)(c2ccccc2)c2ccccc2)CCC1SC(C)=O. The molecule has 3 aromatic carbocycles. The third-order valence-corrected chi connectivity index (χ3v) is 8.45. The van der Waals surface area contributed by atoms with E-state index in [1.807, 2.05) is 24.3 Å². The van der Waals surface area contributed by atoms with Crippen LogP contribution in [0.1, 0.15) is 35.7 Å². The fourth-order valence-corrected chi connectivity index (χ4v) is 6.50. The van der Waals surface area contributed by atoms with E-state index in [0.29, 0.717) is 12.2 Å². The summed E-state index contributed by atoms with van der Waals surface area (Å²) in [5.41, 5.74) is 4.71. The topological polar surface area (TPSA) is 77.3 Å². The van der Waals surface area contributed by atoms with E-state index in [2.05, 4.69) is 88.0 Å². The second kappa shape index (κ2) is 12.4. The van der Waals surface area contributed by atoms with E-state index in [1.54, 1.807) is 13.1 Å². The number of benzene rings is 3. The molecule has 1 atom stereocenters. The third kappa shape index (κ3) is 5.64. The smallest absolute Gasteiger partial charge is 0.327 e. The molecule has 7 nitrogen and oxygen atoms in total. The first-order valence-corrected chi connectivity index (χ1v) is 14.1. The van der Waals surface area contributed by atoms with E-state index in [1.165, 1.54) is 40.2 Å². The van der Waals surface area contributed by atoms with Gasteiger partial charge in [-0.1, -0.05) is 108 Å². The first kappa shape index (κ1) is 27.6. The van der Waals surface area contributed by atoms with Gasteiger partial charge in [-0.2, -0.15) is 0 Å². The van der Waals surface area contributed by atoms with Crippen molar-refractivity contribution in [3.63, 3.8) is 0 Å². The number of ether oxygens (including phenoxy) is 1. The van der Waals surface area contributed by atoms with Crippen molar-refractivity contribution in [2.24, 2.45) is 0 Å². The number of hydrogen-bond acceptors (Lipinski definition) is 7. The summed E-state index contributed by atoms with van der Waals surface area (Å²) in [5.74, 6) is -0.402. The quantitative estimate of drug-likeness (QED) is 0.220. The van der Waals surface area contributed by atoms with Crippen LogP contribution in [-0.4, -0.2) is 56.4 Å². The van der Waals surface area contributed by atoms with Crippen molar-refractivity contribution >= 4 is 28.9 Å². The van der Waals surface area contributed by atoms with Crippen LogP contribution in [0.15, 0.2) is 103 Å². The molecule has 1 aliphatic rings. The second-order valence-electron chi connectivity index (χ2n) is 9.73. The Morgan fingerprint density at radius 2 is 1.50 bits per heavy atom. The minimum absolute atomic E-state index is 0.00440. The second-order valence-corrected chi connectivity index (χ2v) is 11.1. The largest absolute Gasteiger partial charge is 0.468 e. The number of hydrogen-bond donors (Lipinski definition) is 0. The van der Waals surface area contributed by atoms with E-state index >= 15 is 0 Å². The number of thioether (sulfide) groups is 1. The Bertz CT molecular complexity index is 1380. The van der Waals surface area contributed by atoms with Crippen LogP contribution in [0, 0.1) is 0 Å². The minimum atomic E-state index is -0.570. The maximum atomic E-state index is 12.3. The molecule has 0 aliphatic carbocycles. The highest BCUT2D eigenvalue weighted by Crippen LogP contribution is 2.45. The molecule has 204 valence electrons. The van der Waals surface area contributed by atoms with Gasteiger partial charge in [-0.15, -0.1) is 5.10 Å². The monoisotopic (exact) mass is 552 g/mol. The molecule has 0 saturated carbocycles. The highest BCUT2D eigenvalue weighted by atomic mass is 32.2. The molecule has 5 rings (SSSR count). The average molecular weight is 553 g/mol. The van der Waals surface area contributed by atoms with Gasteiger partial charge in [-0.25, -0.2) is 4.68 Å². The summed E-state index contributed by atoms with van der Waals surface area (Å²) in [5, 5.41) is 8.22. The van der Waals surface area contributed by atoms with Gasteiger partial charge in [0.25, 0.3) is 0 Å². The number of esters is 1. The van der Waals surface area contributed by atoms with E-state index in [0.717, 1.165) is 18.5 Å².